The SMILES string of the molecule is CC(C)CC1CN(Cc2ccccc2Br)C(C2CC2)CN1. The number of benzene rings is 1. The van der Waals surface area contributed by atoms with E-state index in [-0.39, 0.29) is 0 Å². The van der Waals surface area contributed by atoms with E-state index in [1.807, 2.05) is 0 Å². The number of halogens is 1. The Morgan fingerprint density at radius 1 is 1.29 bits per heavy atom. The molecule has 21 heavy (non-hydrogen) atoms. The molecule has 0 spiro atoms. The van der Waals surface area contributed by atoms with Gasteiger partial charge in [-0.1, -0.05) is 48.0 Å². The molecule has 2 nitrogen and oxygen atoms in total. The van der Waals surface area contributed by atoms with Crippen LogP contribution in [0.2, 0.25) is 0 Å². The van der Waals surface area contributed by atoms with Crippen LogP contribution in [-0.2, 0) is 6.54 Å². The van der Waals surface area contributed by atoms with Crippen LogP contribution in [0.4, 0.5) is 0 Å². The number of hydrogen-bond donors (Lipinski definition) is 1. The number of rotatable bonds is 5. The third-order valence-corrected chi connectivity index (χ3v) is 5.57. The Hall–Kier alpha value is -0.380. The van der Waals surface area contributed by atoms with Crippen molar-refractivity contribution < 1.29 is 0 Å². The lowest BCUT2D eigenvalue weighted by atomic mass is 9.97. The highest BCUT2D eigenvalue weighted by atomic mass is 79.9. The van der Waals surface area contributed by atoms with Gasteiger partial charge >= 0.3 is 0 Å². The second kappa shape index (κ2) is 6.80. The third kappa shape index (κ3) is 4.08. The molecule has 3 rings (SSSR count). The summed E-state index contributed by atoms with van der Waals surface area (Å²) >= 11 is 3.71. The molecule has 1 aliphatic heterocycles. The lowest BCUT2D eigenvalue weighted by molar-refractivity contribution is 0.1000. The van der Waals surface area contributed by atoms with Crippen LogP contribution in [0.3, 0.4) is 0 Å². The fourth-order valence-corrected chi connectivity index (χ4v) is 4.01. The van der Waals surface area contributed by atoms with Gasteiger partial charge in [0.05, 0.1) is 0 Å². The van der Waals surface area contributed by atoms with Crippen LogP contribution in [0.1, 0.15) is 38.7 Å². The van der Waals surface area contributed by atoms with Crippen molar-refractivity contribution in [2.75, 3.05) is 13.1 Å². The Bertz CT molecular complexity index is 470. The highest BCUT2D eigenvalue weighted by molar-refractivity contribution is 9.10. The van der Waals surface area contributed by atoms with E-state index < -0.39 is 0 Å². The van der Waals surface area contributed by atoms with Crippen LogP contribution in [-0.4, -0.2) is 30.1 Å². The molecule has 1 aromatic rings. The quantitative estimate of drug-likeness (QED) is 0.861. The van der Waals surface area contributed by atoms with Gasteiger partial charge in [-0.3, -0.25) is 4.90 Å². The van der Waals surface area contributed by atoms with E-state index in [1.54, 1.807) is 0 Å². The second-order valence-corrected chi connectivity index (χ2v) is 8.01. The summed E-state index contributed by atoms with van der Waals surface area (Å²) in [5.74, 6) is 1.70. The molecule has 1 saturated heterocycles. The maximum atomic E-state index is 3.80. The zero-order valence-corrected chi connectivity index (χ0v) is 14.8. The molecule has 2 aliphatic rings. The average molecular weight is 351 g/mol. The number of nitrogens with one attached hydrogen (secondary N) is 1. The first-order valence-corrected chi connectivity index (χ1v) is 9.13. The summed E-state index contributed by atoms with van der Waals surface area (Å²) in [6.07, 6.45) is 4.13. The summed E-state index contributed by atoms with van der Waals surface area (Å²) in [4.78, 5) is 2.74. The molecule has 1 N–H and O–H groups in total. The van der Waals surface area contributed by atoms with Crippen molar-refractivity contribution in [2.24, 2.45) is 11.8 Å². The van der Waals surface area contributed by atoms with Crippen molar-refractivity contribution in [1.82, 2.24) is 10.2 Å². The minimum atomic E-state index is 0.655. The van der Waals surface area contributed by atoms with Crippen LogP contribution in [0, 0.1) is 11.8 Å². The van der Waals surface area contributed by atoms with Gasteiger partial charge in [0, 0.05) is 36.2 Å². The molecule has 2 unspecified atom stereocenters. The van der Waals surface area contributed by atoms with Crippen LogP contribution in [0.25, 0.3) is 0 Å². The molecule has 2 fully saturated rings. The van der Waals surface area contributed by atoms with Gasteiger partial charge in [-0.15, -0.1) is 0 Å². The van der Waals surface area contributed by atoms with Gasteiger partial charge in [0.25, 0.3) is 0 Å². The minimum Gasteiger partial charge on any atom is -0.311 e. The van der Waals surface area contributed by atoms with Crippen molar-refractivity contribution in [3.8, 4) is 0 Å². The van der Waals surface area contributed by atoms with Crippen LogP contribution in [0.15, 0.2) is 28.7 Å². The zero-order chi connectivity index (χ0) is 14.8. The van der Waals surface area contributed by atoms with Crippen molar-refractivity contribution >= 4 is 15.9 Å². The molecule has 0 aromatic heterocycles. The maximum Gasteiger partial charge on any atom is 0.0253 e. The van der Waals surface area contributed by atoms with E-state index in [1.165, 1.54) is 42.4 Å². The summed E-state index contributed by atoms with van der Waals surface area (Å²) in [5.41, 5.74) is 1.42. The van der Waals surface area contributed by atoms with Gasteiger partial charge < -0.3 is 5.32 Å². The molecular formula is C18H27BrN2. The van der Waals surface area contributed by atoms with Crippen molar-refractivity contribution in [3.63, 3.8) is 0 Å². The highest BCUT2D eigenvalue weighted by Gasteiger charge is 2.38. The van der Waals surface area contributed by atoms with Gasteiger partial charge in [0.2, 0.25) is 0 Å². The minimum absolute atomic E-state index is 0.655. The molecule has 0 radical (unpaired) electrons. The van der Waals surface area contributed by atoms with Gasteiger partial charge in [-0.25, -0.2) is 0 Å². The van der Waals surface area contributed by atoms with E-state index in [4.69, 9.17) is 0 Å². The summed E-state index contributed by atoms with van der Waals surface area (Å²) in [7, 11) is 0. The second-order valence-electron chi connectivity index (χ2n) is 7.16. The van der Waals surface area contributed by atoms with Gasteiger partial charge in [0.1, 0.15) is 0 Å². The number of hydrogen-bond acceptors (Lipinski definition) is 2. The first-order valence-electron chi connectivity index (χ1n) is 8.34. The van der Waals surface area contributed by atoms with Crippen molar-refractivity contribution in [2.45, 2.75) is 51.7 Å². The van der Waals surface area contributed by atoms with Crippen molar-refractivity contribution in [1.29, 1.82) is 0 Å². The Labute approximate surface area is 137 Å². The Balaban J connectivity index is 1.69. The average Bonchev–Trinajstić information content (AvgIpc) is 3.25. The Morgan fingerprint density at radius 2 is 2.05 bits per heavy atom. The molecular weight excluding hydrogens is 324 g/mol. The molecule has 0 bridgehead atoms. The lowest BCUT2D eigenvalue weighted by Crippen LogP contribution is -2.57. The smallest absolute Gasteiger partial charge is 0.0253 e. The normalized spacial score (nSPS) is 27.2. The first-order chi connectivity index (χ1) is 10.1. The predicted octanol–water partition coefficient (Wildman–Crippen LogP) is 4.05. The van der Waals surface area contributed by atoms with E-state index in [9.17, 15) is 0 Å². The number of nitrogens with zero attached hydrogens (tertiary/aromatic N) is 1. The molecule has 0 amide bonds. The van der Waals surface area contributed by atoms with E-state index in [0.717, 1.165) is 24.4 Å². The standard InChI is InChI=1S/C18H27BrN2/c1-13(2)9-16-12-21(18(10-20-16)14-7-8-14)11-15-5-3-4-6-17(15)19/h3-6,13-14,16,18,20H,7-12H2,1-2H3. The Kier molecular flexibility index (Phi) is 5.03. The summed E-state index contributed by atoms with van der Waals surface area (Å²) in [6.45, 7) is 8.10. The van der Waals surface area contributed by atoms with E-state index >= 15 is 0 Å². The molecule has 1 heterocycles. The first kappa shape index (κ1) is 15.5. The molecule has 1 aromatic carbocycles. The Morgan fingerprint density at radius 3 is 2.71 bits per heavy atom. The molecule has 1 aliphatic carbocycles. The van der Waals surface area contributed by atoms with Crippen LogP contribution >= 0.6 is 15.9 Å². The fraction of sp³-hybridized carbons (Fsp3) is 0.667. The molecule has 1 saturated carbocycles. The van der Waals surface area contributed by atoms with E-state index in [2.05, 4.69) is 64.3 Å². The number of piperazine rings is 1. The van der Waals surface area contributed by atoms with E-state index in [0.29, 0.717) is 6.04 Å². The van der Waals surface area contributed by atoms with Crippen molar-refractivity contribution in [3.05, 3.63) is 34.3 Å². The largest absolute Gasteiger partial charge is 0.311 e. The monoisotopic (exact) mass is 350 g/mol. The molecule has 116 valence electrons. The topological polar surface area (TPSA) is 15.3 Å². The van der Waals surface area contributed by atoms with Gasteiger partial charge in [-0.05, 0) is 42.7 Å². The zero-order valence-electron chi connectivity index (χ0n) is 13.2. The maximum absolute atomic E-state index is 3.80. The molecule has 2 atom stereocenters. The van der Waals surface area contributed by atoms with Crippen LogP contribution < -0.4 is 5.32 Å². The predicted molar refractivity (Wildman–Crippen MR) is 92.3 cm³/mol. The fourth-order valence-electron chi connectivity index (χ4n) is 3.60. The third-order valence-electron chi connectivity index (χ3n) is 4.79. The highest BCUT2D eigenvalue weighted by Crippen LogP contribution is 2.37. The lowest BCUT2D eigenvalue weighted by Gasteiger charge is -2.41. The summed E-state index contributed by atoms with van der Waals surface area (Å²) in [5, 5.41) is 3.80. The van der Waals surface area contributed by atoms with Gasteiger partial charge in [-0.2, -0.15) is 0 Å². The molecule has 3 heteroatoms. The summed E-state index contributed by atoms with van der Waals surface area (Å²) < 4.78 is 1.25. The van der Waals surface area contributed by atoms with Gasteiger partial charge in [0.15, 0.2) is 0 Å². The van der Waals surface area contributed by atoms with Crippen LogP contribution in [0.5, 0.6) is 0 Å². The summed E-state index contributed by atoms with van der Waals surface area (Å²) in [6, 6.07) is 10.1.